The molecule has 0 heterocycles. The van der Waals surface area contributed by atoms with Crippen molar-refractivity contribution in [3.8, 4) is 0 Å². The van der Waals surface area contributed by atoms with Crippen molar-refractivity contribution < 1.29 is 18.7 Å². The molecular formula is C13H13FO3. The first-order valence-corrected chi connectivity index (χ1v) is 5.58. The van der Waals surface area contributed by atoms with Crippen LogP contribution in [0.5, 0.6) is 0 Å². The molecule has 0 bridgehead atoms. The van der Waals surface area contributed by atoms with E-state index in [-0.39, 0.29) is 18.6 Å². The van der Waals surface area contributed by atoms with Crippen LogP contribution in [-0.4, -0.2) is 24.0 Å². The Bertz CT molecular complexity index is 469. The standard InChI is InChI=1S/C13H13FO3/c1-2-17-12(16)13(14)8-7-9-5-3-4-6-10(9)11(13)15/h3-6H,2,7-8H2,1H3/t13-/m1/s1. The number of ketones is 1. The summed E-state index contributed by atoms with van der Waals surface area (Å²) in [6.45, 7) is 1.65. The molecule has 0 unspecified atom stereocenters. The fourth-order valence-corrected chi connectivity index (χ4v) is 2.03. The van der Waals surface area contributed by atoms with Crippen molar-refractivity contribution in [2.75, 3.05) is 6.61 Å². The lowest BCUT2D eigenvalue weighted by Gasteiger charge is -2.27. The van der Waals surface area contributed by atoms with Crippen molar-refractivity contribution in [2.45, 2.75) is 25.4 Å². The van der Waals surface area contributed by atoms with Crippen molar-refractivity contribution in [3.05, 3.63) is 35.4 Å². The van der Waals surface area contributed by atoms with Crippen LogP contribution in [0.3, 0.4) is 0 Å². The molecular weight excluding hydrogens is 223 g/mol. The maximum atomic E-state index is 14.4. The molecule has 3 nitrogen and oxygen atoms in total. The maximum Gasteiger partial charge on any atom is 0.352 e. The van der Waals surface area contributed by atoms with Crippen LogP contribution >= 0.6 is 0 Å². The van der Waals surface area contributed by atoms with Crippen molar-refractivity contribution in [3.63, 3.8) is 0 Å². The summed E-state index contributed by atoms with van der Waals surface area (Å²) in [5.74, 6) is -1.85. The first kappa shape index (κ1) is 11.8. The molecule has 4 heteroatoms. The van der Waals surface area contributed by atoms with Crippen LogP contribution < -0.4 is 0 Å². The Labute approximate surface area is 98.6 Å². The van der Waals surface area contributed by atoms with Gasteiger partial charge in [0, 0.05) is 12.0 Å². The van der Waals surface area contributed by atoms with Gasteiger partial charge in [-0.15, -0.1) is 0 Å². The van der Waals surface area contributed by atoms with Gasteiger partial charge in [0.25, 0.3) is 5.67 Å². The van der Waals surface area contributed by atoms with Crippen LogP contribution in [0.25, 0.3) is 0 Å². The van der Waals surface area contributed by atoms with Gasteiger partial charge in [-0.1, -0.05) is 24.3 Å². The summed E-state index contributed by atoms with van der Waals surface area (Å²) in [6, 6.07) is 6.78. The predicted octanol–water partition coefficient (Wildman–Crippen LogP) is 2.09. The number of hydrogen-bond acceptors (Lipinski definition) is 3. The van der Waals surface area contributed by atoms with Crippen LogP contribution in [0.15, 0.2) is 24.3 Å². The van der Waals surface area contributed by atoms with Gasteiger partial charge in [-0.3, -0.25) is 4.79 Å². The van der Waals surface area contributed by atoms with E-state index >= 15 is 0 Å². The van der Waals surface area contributed by atoms with Gasteiger partial charge in [-0.25, -0.2) is 9.18 Å². The van der Waals surface area contributed by atoms with Crippen LogP contribution in [0.1, 0.15) is 29.3 Å². The zero-order valence-corrected chi connectivity index (χ0v) is 9.53. The third kappa shape index (κ3) is 1.84. The lowest BCUT2D eigenvalue weighted by molar-refractivity contribution is -0.154. The summed E-state index contributed by atoms with van der Waals surface area (Å²) in [5, 5.41) is 0. The summed E-state index contributed by atoms with van der Waals surface area (Å²) in [4.78, 5) is 23.5. The first-order chi connectivity index (χ1) is 8.09. The second kappa shape index (κ2) is 4.28. The summed E-state index contributed by atoms with van der Waals surface area (Å²) in [6.07, 6.45) is 0.235. The highest BCUT2D eigenvalue weighted by molar-refractivity contribution is 6.16. The van der Waals surface area contributed by atoms with Gasteiger partial charge in [0.1, 0.15) is 0 Å². The molecule has 1 atom stereocenters. The highest BCUT2D eigenvalue weighted by Crippen LogP contribution is 2.32. The molecule has 2 rings (SSSR count). The minimum Gasteiger partial charge on any atom is -0.463 e. The van der Waals surface area contributed by atoms with Crippen molar-refractivity contribution in [1.82, 2.24) is 0 Å². The van der Waals surface area contributed by atoms with Gasteiger partial charge in [-0.05, 0) is 18.9 Å². The topological polar surface area (TPSA) is 43.4 Å². The Hall–Kier alpha value is -1.71. The number of ether oxygens (including phenoxy) is 1. The second-order valence-electron chi connectivity index (χ2n) is 4.01. The lowest BCUT2D eigenvalue weighted by Crippen LogP contribution is -2.46. The average Bonchev–Trinajstić information content (AvgIpc) is 2.35. The molecule has 1 aromatic carbocycles. The Balaban J connectivity index is 2.37. The maximum absolute atomic E-state index is 14.4. The molecule has 90 valence electrons. The summed E-state index contributed by atoms with van der Waals surface area (Å²) in [7, 11) is 0. The molecule has 1 aliphatic rings. The van der Waals surface area contributed by atoms with E-state index in [1.807, 2.05) is 0 Å². The number of esters is 1. The molecule has 0 spiro atoms. The number of fused-ring (bicyclic) bond motifs is 1. The van der Waals surface area contributed by atoms with Crippen LogP contribution in [0.4, 0.5) is 4.39 Å². The molecule has 0 radical (unpaired) electrons. The molecule has 1 aromatic rings. The van der Waals surface area contributed by atoms with Gasteiger partial charge in [0.05, 0.1) is 6.61 Å². The minimum atomic E-state index is -2.51. The molecule has 0 N–H and O–H groups in total. The second-order valence-corrected chi connectivity index (χ2v) is 4.01. The number of Topliss-reactive ketones (excluding diaryl/α,β-unsaturated/α-hetero) is 1. The molecule has 1 aliphatic carbocycles. The Morgan fingerprint density at radius 1 is 1.47 bits per heavy atom. The van der Waals surface area contributed by atoms with E-state index in [1.165, 1.54) is 0 Å². The summed E-state index contributed by atoms with van der Waals surface area (Å²) < 4.78 is 19.0. The number of carbonyl (C=O) groups excluding carboxylic acids is 2. The highest BCUT2D eigenvalue weighted by atomic mass is 19.1. The number of halogens is 1. The number of alkyl halides is 1. The molecule has 0 amide bonds. The van der Waals surface area contributed by atoms with Crippen LogP contribution in [-0.2, 0) is 16.0 Å². The molecule has 0 saturated heterocycles. The van der Waals surface area contributed by atoms with Crippen LogP contribution in [0, 0.1) is 0 Å². The zero-order chi connectivity index (χ0) is 12.5. The number of benzene rings is 1. The number of hydrogen-bond donors (Lipinski definition) is 0. The molecule has 0 saturated carbocycles. The molecule has 0 aromatic heterocycles. The van der Waals surface area contributed by atoms with Crippen molar-refractivity contribution in [1.29, 1.82) is 0 Å². The normalized spacial score (nSPS) is 23.1. The summed E-state index contributed by atoms with van der Waals surface area (Å²) >= 11 is 0. The van der Waals surface area contributed by atoms with E-state index in [1.54, 1.807) is 31.2 Å². The molecule has 17 heavy (non-hydrogen) atoms. The molecule has 0 fully saturated rings. The Kier molecular flexibility index (Phi) is 2.96. The number of carbonyl (C=O) groups is 2. The van der Waals surface area contributed by atoms with Crippen molar-refractivity contribution in [2.24, 2.45) is 0 Å². The van der Waals surface area contributed by atoms with Gasteiger partial charge < -0.3 is 4.74 Å². The minimum absolute atomic E-state index is 0.0689. The van der Waals surface area contributed by atoms with Gasteiger partial charge >= 0.3 is 5.97 Å². The van der Waals surface area contributed by atoms with Crippen molar-refractivity contribution >= 4 is 11.8 Å². The average molecular weight is 236 g/mol. The quantitative estimate of drug-likeness (QED) is 0.583. The summed E-state index contributed by atoms with van der Waals surface area (Å²) in [5.41, 5.74) is -1.44. The third-order valence-corrected chi connectivity index (χ3v) is 2.96. The Morgan fingerprint density at radius 2 is 2.18 bits per heavy atom. The smallest absolute Gasteiger partial charge is 0.352 e. The van der Waals surface area contributed by atoms with E-state index in [9.17, 15) is 14.0 Å². The van der Waals surface area contributed by atoms with Gasteiger partial charge in [-0.2, -0.15) is 0 Å². The SMILES string of the molecule is CCOC(=O)[C@@]1(F)CCc2ccccc2C1=O. The van der Waals surface area contributed by atoms with E-state index in [0.29, 0.717) is 6.42 Å². The zero-order valence-electron chi connectivity index (χ0n) is 9.53. The largest absolute Gasteiger partial charge is 0.463 e. The highest BCUT2D eigenvalue weighted by Gasteiger charge is 2.50. The monoisotopic (exact) mass is 236 g/mol. The fraction of sp³-hybridized carbons (Fsp3) is 0.385. The van der Waals surface area contributed by atoms with Gasteiger partial charge in [0.2, 0.25) is 5.78 Å². The third-order valence-electron chi connectivity index (χ3n) is 2.96. The lowest BCUT2D eigenvalue weighted by atomic mass is 9.80. The predicted molar refractivity (Wildman–Crippen MR) is 59.6 cm³/mol. The number of rotatable bonds is 2. The molecule has 0 aliphatic heterocycles. The van der Waals surface area contributed by atoms with E-state index < -0.39 is 17.4 Å². The van der Waals surface area contributed by atoms with E-state index in [0.717, 1.165) is 5.56 Å². The van der Waals surface area contributed by atoms with E-state index in [2.05, 4.69) is 4.74 Å². The fourth-order valence-electron chi connectivity index (χ4n) is 2.03. The Morgan fingerprint density at radius 3 is 2.88 bits per heavy atom. The van der Waals surface area contributed by atoms with Crippen LogP contribution in [0.2, 0.25) is 0 Å². The van der Waals surface area contributed by atoms with Gasteiger partial charge in [0.15, 0.2) is 0 Å². The number of aryl methyl sites for hydroxylation is 1. The van der Waals surface area contributed by atoms with E-state index in [4.69, 9.17) is 0 Å². The first-order valence-electron chi connectivity index (χ1n) is 5.58.